The molecule has 3 amide bonds. The second-order valence-corrected chi connectivity index (χ2v) is 10.3. The van der Waals surface area contributed by atoms with Gasteiger partial charge < -0.3 is 20.1 Å². The van der Waals surface area contributed by atoms with Crippen LogP contribution in [0, 0.1) is 0 Å². The first kappa shape index (κ1) is 23.4. The number of fused-ring (bicyclic) bond motifs is 1. The van der Waals surface area contributed by atoms with Gasteiger partial charge in [0, 0.05) is 85.3 Å². The molecule has 2 N–H and O–H groups in total. The number of carbonyl (C=O) groups is 3. The highest BCUT2D eigenvalue weighted by Crippen LogP contribution is 2.25. The molecular formula is C27H26N6O3S. The highest BCUT2D eigenvalue weighted by Gasteiger charge is 2.37. The fourth-order valence-corrected chi connectivity index (χ4v) is 5.70. The maximum atomic E-state index is 13.2. The molecule has 4 heterocycles. The maximum Gasteiger partial charge on any atom is 0.282 e. The molecule has 0 saturated carbocycles. The van der Waals surface area contributed by atoms with Crippen molar-refractivity contribution in [1.29, 1.82) is 0 Å². The van der Waals surface area contributed by atoms with Crippen LogP contribution in [0.5, 0.6) is 0 Å². The van der Waals surface area contributed by atoms with E-state index in [0.717, 1.165) is 29.7 Å². The number of hydrogen-bond donors (Lipinski definition) is 1. The van der Waals surface area contributed by atoms with Crippen molar-refractivity contribution in [2.45, 2.75) is 6.04 Å². The SMILES string of the molecule is NC(=O)c1cccc(-n2ccc3cc(C(=O)N4CC(N5CCN(C(=O)c6nccs6)CC5)C4)ccc32)c1. The molecule has 0 bridgehead atoms. The minimum Gasteiger partial charge on any atom is -0.366 e. The topological polar surface area (TPSA) is 105 Å². The number of thiazole rings is 1. The van der Waals surface area contributed by atoms with E-state index >= 15 is 0 Å². The molecule has 2 fully saturated rings. The lowest BCUT2D eigenvalue weighted by atomic mass is 10.0. The Morgan fingerprint density at radius 1 is 0.892 bits per heavy atom. The van der Waals surface area contributed by atoms with E-state index in [1.807, 2.05) is 56.3 Å². The number of carbonyl (C=O) groups excluding carboxylic acids is 3. The third-order valence-electron chi connectivity index (χ3n) is 7.23. The fraction of sp³-hybridized carbons (Fsp3) is 0.259. The van der Waals surface area contributed by atoms with Gasteiger partial charge in [-0.05, 0) is 42.5 Å². The van der Waals surface area contributed by atoms with Crippen LogP contribution in [0.2, 0.25) is 0 Å². The second kappa shape index (κ2) is 9.45. The zero-order chi connectivity index (χ0) is 25.5. The number of nitrogens with two attached hydrogens (primary N) is 1. The lowest BCUT2D eigenvalue weighted by Crippen LogP contribution is -2.64. The monoisotopic (exact) mass is 514 g/mol. The Kier molecular flexibility index (Phi) is 5.97. The largest absolute Gasteiger partial charge is 0.366 e. The molecule has 2 aromatic carbocycles. The Labute approximate surface area is 217 Å². The van der Waals surface area contributed by atoms with Crippen molar-refractivity contribution < 1.29 is 14.4 Å². The van der Waals surface area contributed by atoms with Crippen LogP contribution in [-0.4, -0.2) is 87.3 Å². The standard InChI is InChI=1S/C27H26N6O3S/c28-24(34)19-2-1-3-21(15-19)33-8-6-18-14-20(4-5-23(18)33)26(35)32-16-22(17-32)30-9-11-31(12-10-30)27(36)25-29-7-13-37-25/h1-8,13-15,22H,9-12,16-17H2,(H2,28,34). The fourth-order valence-electron chi connectivity index (χ4n) is 5.10. The number of primary amides is 1. The van der Waals surface area contributed by atoms with Crippen molar-refractivity contribution >= 4 is 40.0 Å². The molecule has 2 saturated heterocycles. The summed E-state index contributed by atoms with van der Waals surface area (Å²) in [5.41, 5.74) is 8.33. The molecular weight excluding hydrogens is 488 g/mol. The summed E-state index contributed by atoms with van der Waals surface area (Å²) >= 11 is 1.37. The summed E-state index contributed by atoms with van der Waals surface area (Å²) < 4.78 is 1.98. The van der Waals surface area contributed by atoms with Crippen LogP contribution in [0.3, 0.4) is 0 Å². The van der Waals surface area contributed by atoms with Crippen LogP contribution in [0.1, 0.15) is 30.5 Å². The Morgan fingerprint density at radius 3 is 2.43 bits per heavy atom. The number of rotatable bonds is 5. The van der Waals surface area contributed by atoms with E-state index in [0.29, 0.717) is 48.4 Å². The minimum atomic E-state index is -0.468. The molecule has 0 unspecified atom stereocenters. The van der Waals surface area contributed by atoms with Gasteiger partial charge in [-0.15, -0.1) is 11.3 Å². The van der Waals surface area contributed by atoms with Crippen LogP contribution in [0.4, 0.5) is 0 Å². The van der Waals surface area contributed by atoms with E-state index in [1.165, 1.54) is 11.3 Å². The summed E-state index contributed by atoms with van der Waals surface area (Å²) in [5, 5.41) is 3.31. The van der Waals surface area contributed by atoms with Crippen LogP contribution in [0.25, 0.3) is 16.6 Å². The van der Waals surface area contributed by atoms with Crippen molar-refractivity contribution in [3.8, 4) is 5.69 Å². The van der Waals surface area contributed by atoms with Crippen molar-refractivity contribution in [3.63, 3.8) is 0 Å². The van der Waals surface area contributed by atoms with E-state index in [4.69, 9.17) is 5.73 Å². The van der Waals surface area contributed by atoms with Crippen LogP contribution >= 0.6 is 11.3 Å². The molecule has 2 aromatic heterocycles. The number of hydrogen-bond acceptors (Lipinski definition) is 6. The molecule has 188 valence electrons. The molecule has 10 heteroatoms. The predicted octanol–water partition coefficient (Wildman–Crippen LogP) is 2.47. The minimum absolute atomic E-state index is 0.00450. The maximum absolute atomic E-state index is 13.2. The van der Waals surface area contributed by atoms with Gasteiger partial charge in [0.2, 0.25) is 5.91 Å². The average molecular weight is 515 g/mol. The van der Waals surface area contributed by atoms with Gasteiger partial charge in [0.1, 0.15) is 0 Å². The first-order chi connectivity index (χ1) is 18.0. The predicted molar refractivity (Wildman–Crippen MR) is 141 cm³/mol. The quantitative estimate of drug-likeness (QED) is 0.441. The molecule has 0 atom stereocenters. The van der Waals surface area contributed by atoms with Crippen LogP contribution in [-0.2, 0) is 0 Å². The second-order valence-electron chi connectivity index (χ2n) is 9.40. The average Bonchev–Trinajstić information content (AvgIpc) is 3.58. The number of aromatic nitrogens is 2. The van der Waals surface area contributed by atoms with Crippen molar-refractivity contribution in [2.75, 3.05) is 39.3 Å². The Hall–Kier alpha value is -4.02. The summed E-state index contributed by atoms with van der Waals surface area (Å²) in [6.45, 7) is 4.36. The zero-order valence-electron chi connectivity index (χ0n) is 20.1. The summed E-state index contributed by atoms with van der Waals surface area (Å²) in [5.74, 6) is -0.436. The first-order valence-electron chi connectivity index (χ1n) is 12.2. The van der Waals surface area contributed by atoms with Crippen LogP contribution in [0.15, 0.2) is 66.3 Å². The van der Waals surface area contributed by atoms with Crippen molar-refractivity contribution in [2.24, 2.45) is 5.73 Å². The molecule has 37 heavy (non-hydrogen) atoms. The summed E-state index contributed by atoms with van der Waals surface area (Å²) in [6.07, 6.45) is 3.59. The smallest absolute Gasteiger partial charge is 0.282 e. The third kappa shape index (κ3) is 4.38. The van der Waals surface area contributed by atoms with E-state index in [2.05, 4.69) is 9.88 Å². The Bertz CT molecular complexity index is 1480. The summed E-state index contributed by atoms with van der Waals surface area (Å²) in [4.78, 5) is 47.5. The molecule has 2 aliphatic rings. The summed E-state index contributed by atoms with van der Waals surface area (Å²) in [7, 11) is 0. The Morgan fingerprint density at radius 2 is 1.70 bits per heavy atom. The van der Waals surface area contributed by atoms with E-state index in [9.17, 15) is 14.4 Å². The first-order valence-corrected chi connectivity index (χ1v) is 13.1. The van der Waals surface area contributed by atoms with Gasteiger partial charge >= 0.3 is 0 Å². The van der Waals surface area contributed by atoms with Crippen molar-refractivity contribution in [3.05, 3.63) is 82.4 Å². The summed E-state index contributed by atoms with van der Waals surface area (Å²) in [6, 6.07) is 15.2. The Balaban J connectivity index is 1.07. The highest BCUT2D eigenvalue weighted by atomic mass is 32.1. The number of likely N-dealkylation sites (tertiary alicyclic amines) is 1. The van der Waals surface area contributed by atoms with Gasteiger partial charge in [-0.1, -0.05) is 6.07 Å². The molecule has 0 aliphatic carbocycles. The lowest BCUT2D eigenvalue weighted by Gasteiger charge is -2.48. The van der Waals surface area contributed by atoms with Gasteiger partial charge in [0.25, 0.3) is 11.8 Å². The van der Waals surface area contributed by atoms with Gasteiger partial charge in [-0.25, -0.2) is 4.98 Å². The molecule has 2 aliphatic heterocycles. The molecule has 0 spiro atoms. The van der Waals surface area contributed by atoms with E-state index < -0.39 is 5.91 Å². The van der Waals surface area contributed by atoms with E-state index in [-0.39, 0.29) is 11.8 Å². The number of piperazine rings is 1. The van der Waals surface area contributed by atoms with Gasteiger partial charge in [0.15, 0.2) is 5.01 Å². The number of benzene rings is 2. The normalized spacial score (nSPS) is 16.6. The molecule has 0 radical (unpaired) electrons. The molecule has 6 rings (SSSR count). The van der Waals surface area contributed by atoms with Crippen LogP contribution < -0.4 is 5.73 Å². The van der Waals surface area contributed by atoms with Gasteiger partial charge in [-0.2, -0.15) is 0 Å². The van der Waals surface area contributed by atoms with Gasteiger partial charge in [-0.3, -0.25) is 19.3 Å². The van der Waals surface area contributed by atoms with Crippen molar-refractivity contribution in [1.82, 2.24) is 24.3 Å². The molecule has 9 nitrogen and oxygen atoms in total. The third-order valence-corrected chi connectivity index (χ3v) is 7.99. The molecule has 4 aromatic rings. The van der Waals surface area contributed by atoms with E-state index in [1.54, 1.807) is 24.4 Å². The number of amides is 3. The zero-order valence-corrected chi connectivity index (χ0v) is 20.9. The highest BCUT2D eigenvalue weighted by molar-refractivity contribution is 7.11. The number of nitrogens with zero attached hydrogens (tertiary/aromatic N) is 5. The lowest BCUT2D eigenvalue weighted by molar-refractivity contribution is 0.00853. The van der Waals surface area contributed by atoms with Gasteiger partial charge in [0.05, 0.1) is 5.52 Å².